The first-order valence-electron chi connectivity index (χ1n) is 7.19. The molecule has 0 aliphatic rings. The molecule has 0 fully saturated rings. The Bertz CT molecular complexity index is 352. The number of hydrogen-bond acceptors (Lipinski definition) is 3. The van der Waals surface area contributed by atoms with Crippen LogP contribution >= 0.6 is 0 Å². The van der Waals surface area contributed by atoms with E-state index in [9.17, 15) is 0 Å². The van der Waals surface area contributed by atoms with Crippen molar-refractivity contribution >= 4 is 0 Å². The van der Waals surface area contributed by atoms with Gasteiger partial charge in [0.2, 0.25) is 0 Å². The maximum Gasteiger partial charge on any atom is 0.124 e. The fourth-order valence-electron chi connectivity index (χ4n) is 1.91. The second-order valence-electron chi connectivity index (χ2n) is 5.38. The van der Waals surface area contributed by atoms with Crippen molar-refractivity contribution in [3.8, 4) is 5.75 Å². The third-order valence-electron chi connectivity index (χ3n) is 3.01. The van der Waals surface area contributed by atoms with Crippen LogP contribution in [0.15, 0.2) is 24.3 Å². The lowest BCUT2D eigenvalue weighted by atomic mass is 10.1. The van der Waals surface area contributed by atoms with Crippen molar-refractivity contribution < 1.29 is 9.84 Å². The first-order chi connectivity index (χ1) is 9.13. The molecule has 0 aromatic heterocycles. The van der Waals surface area contributed by atoms with E-state index in [0.29, 0.717) is 5.92 Å². The zero-order chi connectivity index (χ0) is 14.1. The molecule has 2 N–H and O–H groups in total. The molecule has 19 heavy (non-hydrogen) atoms. The van der Waals surface area contributed by atoms with Gasteiger partial charge >= 0.3 is 0 Å². The number of aliphatic hydroxyl groups excluding tert-OH is 1. The van der Waals surface area contributed by atoms with Crippen LogP contribution in [0.4, 0.5) is 0 Å². The summed E-state index contributed by atoms with van der Waals surface area (Å²) in [5.41, 5.74) is 1.20. The maximum absolute atomic E-state index is 8.95. The lowest BCUT2D eigenvalue weighted by molar-refractivity contribution is 0.228. The summed E-state index contributed by atoms with van der Waals surface area (Å²) in [6, 6.07) is 8.16. The molecular weight excluding hydrogens is 238 g/mol. The molecule has 0 heterocycles. The molecule has 0 amide bonds. The van der Waals surface area contributed by atoms with Crippen molar-refractivity contribution in [2.45, 2.75) is 46.3 Å². The van der Waals surface area contributed by atoms with E-state index in [1.807, 2.05) is 32.0 Å². The lowest BCUT2D eigenvalue weighted by Gasteiger charge is -2.15. The number of benzene rings is 1. The fourth-order valence-corrected chi connectivity index (χ4v) is 1.91. The van der Waals surface area contributed by atoms with Crippen molar-refractivity contribution in [2.75, 3.05) is 13.2 Å². The average molecular weight is 265 g/mol. The van der Waals surface area contributed by atoms with Crippen molar-refractivity contribution in [2.24, 2.45) is 5.92 Å². The van der Waals surface area contributed by atoms with Crippen LogP contribution in [0.1, 0.15) is 39.2 Å². The second-order valence-corrected chi connectivity index (χ2v) is 5.38. The van der Waals surface area contributed by atoms with Gasteiger partial charge in [0, 0.05) is 18.7 Å². The van der Waals surface area contributed by atoms with E-state index in [-0.39, 0.29) is 12.7 Å². The van der Waals surface area contributed by atoms with Crippen LogP contribution in [0.2, 0.25) is 0 Å². The highest BCUT2D eigenvalue weighted by atomic mass is 16.5. The van der Waals surface area contributed by atoms with Crippen molar-refractivity contribution in [1.29, 1.82) is 0 Å². The molecule has 0 saturated carbocycles. The van der Waals surface area contributed by atoms with E-state index in [1.54, 1.807) is 0 Å². The van der Waals surface area contributed by atoms with Gasteiger partial charge in [-0.05, 0) is 45.2 Å². The highest BCUT2D eigenvalue weighted by Crippen LogP contribution is 2.19. The van der Waals surface area contributed by atoms with Crippen LogP contribution in [0.25, 0.3) is 0 Å². The molecule has 0 spiro atoms. The predicted octanol–water partition coefficient (Wildman–Crippen LogP) is 2.97. The first kappa shape index (κ1) is 16.0. The maximum atomic E-state index is 8.95. The lowest BCUT2D eigenvalue weighted by Crippen LogP contribution is -2.17. The molecule has 1 unspecified atom stereocenters. The number of hydrogen-bond donors (Lipinski definition) is 2. The predicted molar refractivity (Wildman–Crippen MR) is 79.4 cm³/mol. The Kier molecular flexibility index (Phi) is 7.53. The Hall–Kier alpha value is -1.06. The van der Waals surface area contributed by atoms with Crippen molar-refractivity contribution in [3.05, 3.63) is 29.8 Å². The summed E-state index contributed by atoms with van der Waals surface area (Å²) in [5.74, 6) is 1.37. The third kappa shape index (κ3) is 6.60. The number of rotatable bonds is 9. The van der Waals surface area contributed by atoms with E-state index < -0.39 is 0 Å². The summed E-state index contributed by atoms with van der Waals surface area (Å²) in [5, 5.41) is 12.4. The zero-order valence-electron chi connectivity index (χ0n) is 12.4. The Morgan fingerprint density at radius 3 is 2.63 bits per heavy atom. The van der Waals surface area contributed by atoms with Crippen LogP contribution in [-0.2, 0) is 6.54 Å². The Balaban J connectivity index is 2.32. The van der Waals surface area contributed by atoms with Gasteiger partial charge in [0.25, 0.3) is 0 Å². The molecular formula is C16H27NO2. The summed E-state index contributed by atoms with van der Waals surface area (Å²) in [7, 11) is 0. The van der Waals surface area contributed by atoms with Gasteiger partial charge in [0.05, 0.1) is 6.10 Å². The summed E-state index contributed by atoms with van der Waals surface area (Å²) in [6.07, 6.45) is 2.36. The van der Waals surface area contributed by atoms with E-state index in [0.717, 1.165) is 31.7 Å². The van der Waals surface area contributed by atoms with Gasteiger partial charge < -0.3 is 15.2 Å². The molecule has 1 atom stereocenters. The van der Waals surface area contributed by atoms with Crippen LogP contribution in [-0.4, -0.2) is 24.4 Å². The number of ether oxygens (including phenoxy) is 1. The molecule has 0 radical (unpaired) electrons. The number of aliphatic hydroxyl groups is 1. The van der Waals surface area contributed by atoms with Gasteiger partial charge in [-0.3, -0.25) is 0 Å². The Morgan fingerprint density at radius 2 is 1.95 bits per heavy atom. The van der Waals surface area contributed by atoms with Crippen LogP contribution in [0.3, 0.4) is 0 Å². The van der Waals surface area contributed by atoms with Gasteiger partial charge in [-0.25, -0.2) is 0 Å². The van der Waals surface area contributed by atoms with Crippen LogP contribution in [0.5, 0.6) is 5.75 Å². The minimum absolute atomic E-state index is 0.201. The summed E-state index contributed by atoms with van der Waals surface area (Å²) in [6.45, 7) is 8.24. The zero-order valence-corrected chi connectivity index (χ0v) is 12.4. The molecule has 3 heteroatoms. The molecule has 0 aliphatic heterocycles. The van der Waals surface area contributed by atoms with E-state index >= 15 is 0 Å². The Labute approximate surface area is 117 Å². The largest absolute Gasteiger partial charge is 0.491 e. The second kappa shape index (κ2) is 8.94. The molecule has 1 aromatic rings. The average Bonchev–Trinajstić information content (AvgIpc) is 2.39. The molecule has 0 aliphatic carbocycles. The summed E-state index contributed by atoms with van der Waals surface area (Å²) >= 11 is 0. The fraction of sp³-hybridized carbons (Fsp3) is 0.625. The van der Waals surface area contributed by atoms with Gasteiger partial charge in [0.1, 0.15) is 5.75 Å². The molecule has 108 valence electrons. The third-order valence-corrected chi connectivity index (χ3v) is 3.01. The number of para-hydroxylation sites is 1. The molecule has 1 rings (SSSR count). The van der Waals surface area contributed by atoms with E-state index in [4.69, 9.17) is 9.84 Å². The topological polar surface area (TPSA) is 41.5 Å². The number of nitrogens with one attached hydrogen (secondary N) is 1. The van der Waals surface area contributed by atoms with Crippen molar-refractivity contribution in [1.82, 2.24) is 5.32 Å². The quantitative estimate of drug-likeness (QED) is 0.674. The van der Waals surface area contributed by atoms with Gasteiger partial charge in [-0.1, -0.05) is 25.1 Å². The molecule has 3 nitrogen and oxygen atoms in total. The summed E-state index contributed by atoms with van der Waals surface area (Å²) < 4.78 is 5.78. The standard InChI is InChI=1S/C16H27NO2/c1-13(2)19-16-9-5-4-8-15(16)11-17-10-6-7-14(3)12-18/h4-5,8-9,13-14,17-18H,6-7,10-12H2,1-3H3. The highest BCUT2D eigenvalue weighted by molar-refractivity contribution is 5.33. The van der Waals surface area contributed by atoms with Crippen LogP contribution in [0, 0.1) is 5.92 Å². The van der Waals surface area contributed by atoms with Gasteiger partial charge in [0.15, 0.2) is 0 Å². The SMILES string of the molecule is CC(CO)CCCNCc1ccccc1OC(C)C. The highest BCUT2D eigenvalue weighted by Gasteiger charge is 2.04. The monoisotopic (exact) mass is 265 g/mol. The normalized spacial score (nSPS) is 12.7. The summed E-state index contributed by atoms with van der Waals surface area (Å²) in [4.78, 5) is 0. The molecule has 1 aromatic carbocycles. The van der Waals surface area contributed by atoms with E-state index in [1.165, 1.54) is 5.56 Å². The minimum Gasteiger partial charge on any atom is -0.491 e. The molecule has 0 bridgehead atoms. The smallest absolute Gasteiger partial charge is 0.124 e. The minimum atomic E-state index is 0.201. The van der Waals surface area contributed by atoms with Gasteiger partial charge in [-0.2, -0.15) is 0 Å². The van der Waals surface area contributed by atoms with E-state index in [2.05, 4.69) is 18.3 Å². The Morgan fingerprint density at radius 1 is 1.21 bits per heavy atom. The van der Waals surface area contributed by atoms with Gasteiger partial charge in [-0.15, -0.1) is 0 Å². The van der Waals surface area contributed by atoms with Crippen LogP contribution < -0.4 is 10.1 Å². The molecule has 0 saturated heterocycles. The van der Waals surface area contributed by atoms with Crippen molar-refractivity contribution in [3.63, 3.8) is 0 Å². The first-order valence-corrected chi connectivity index (χ1v) is 7.19.